The number of carbonyl (C=O) groups is 1. The van der Waals surface area contributed by atoms with Gasteiger partial charge in [0.1, 0.15) is 0 Å². The summed E-state index contributed by atoms with van der Waals surface area (Å²) in [5.41, 5.74) is 1.22. The molecule has 1 atom stereocenters. The summed E-state index contributed by atoms with van der Waals surface area (Å²) in [6.45, 7) is 2.06. The molecule has 1 aliphatic rings. The van der Waals surface area contributed by atoms with Crippen molar-refractivity contribution in [2.75, 3.05) is 5.32 Å². The summed E-state index contributed by atoms with van der Waals surface area (Å²) in [5, 5.41) is 3.42. The highest BCUT2D eigenvalue weighted by Gasteiger charge is 2.22. The topological polar surface area (TPSA) is 75.3 Å². The molecule has 1 amide bonds. The van der Waals surface area contributed by atoms with Crippen molar-refractivity contribution in [1.29, 1.82) is 0 Å². The average molecular weight is 397 g/mol. The Hall–Kier alpha value is -1.54. The first-order valence-electron chi connectivity index (χ1n) is 7.69. The third kappa shape index (κ3) is 4.36. The number of halogens is 1. The predicted molar refractivity (Wildman–Crippen MR) is 100 cm³/mol. The number of hydrogen-bond donors (Lipinski definition) is 2. The molecule has 0 aliphatic carbocycles. The number of amides is 1. The van der Waals surface area contributed by atoms with E-state index in [0.29, 0.717) is 22.7 Å². The second-order valence-electron chi connectivity index (χ2n) is 5.75. The molecule has 0 saturated carbocycles. The Labute approximate surface area is 156 Å². The lowest BCUT2D eigenvalue weighted by Gasteiger charge is -2.12. The van der Waals surface area contributed by atoms with E-state index in [0.717, 1.165) is 4.90 Å². The molecule has 25 heavy (non-hydrogen) atoms. The molecule has 2 aromatic carbocycles. The molecule has 1 heterocycles. The van der Waals surface area contributed by atoms with Gasteiger partial charge >= 0.3 is 0 Å². The number of hydrogen-bond acceptors (Lipinski definition) is 4. The Balaban J connectivity index is 1.83. The standard InChI is InChI=1S/C17H17ClN2O3S2/c1-11-8-17(21)20-15-9-13(6-7-16(15)24-11)25(22,23)19-10-12-4-2-3-5-14(12)18/h2-7,9,11,19H,8,10H2,1H3,(H,20,21)/t11-/m1/s1. The molecule has 3 rings (SSSR count). The van der Waals surface area contributed by atoms with Gasteiger partial charge in [-0.1, -0.05) is 36.7 Å². The van der Waals surface area contributed by atoms with Crippen LogP contribution in [0, 0.1) is 0 Å². The summed E-state index contributed by atoms with van der Waals surface area (Å²) in [5.74, 6) is -0.114. The highest BCUT2D eigenvalue weighted by Crippen LogP contribution is 2.36. The fourth-order valence-electron chi connectivity index (χ4n) is 2.50. The molecular weight excluding hydrogens is 380 g/mol. The van der Waals surface area contributed by atoms with Crippen molar-refractivity contribution in [3.8, 4) is 0 Å². The molecule has 0 unspecified atom stereocenters. The van der Waals surface area contributed by atoms with Gasteiger partial charge in [-0.15, -0.1) is 11.8 Å². The number of nitrogens with one attached hydrogen (secondary N) is 2. The van der Waals surface area contributed by atoms with Crippen molar-refractivity contribution >= 4 is 45.0 Å². The van der Waals surface area contributed by atoms with Gasteiger partial charge in [-0.05, 0) is 29.8 Å². The van der Waals surface area contributed by atoms with Crippen LogP contribution in [0.4, 0.5) is 5.69 Å². The van der Waals surface area contributed by atoms with E-state index in [2.05, 4.69) is 10.0 Å². The lowest BCUT2D eigenvalue weighted by Crippen LogP contribution is -2.23. The molecule has 0 radical (unpaired) electrons. The summed E-state index contributed by atoms with van der Waals surface area (Å²) in [4.78, 5) is 12.8. The number of sulfonamides is 1. The molecule has 0 saturated heterocycles. The van der Waals surface area contributed by atoms with Gasteiger partial charge in [-0.3, -0.25) is 4.79 Å². The van der Waals surface area contributed by atoms with Gasteiger partial charge in [-0.25, -0.2) is 13.1 Å². The highest BCUT2D eigenvalue weighted by molar-refractivity contribution is 8.00. The predicted octanol–water partition coefficient (Wildman–Crippen LogP) is 3.64. The first-order chi connectivity index (χ1) is 11.8. The fourth-order valence-corrected chi connectivity index (χ4v) is 4.78. The molecule has 8 heteroatoms. The zero-order valence-corrected chi connectivity index (χ0v) is 15.8. The van der Waals surface area contributed by atoms with Gasteiger partial charge in [-0.2, -0.15) is 0 Å². The molecule has 2 aromatic rings. The summed E-state index contributed by atoms with van der Waals surface area (Å²) >= 11 is 7.61. The zero-order valence-electron chi connectivity index (χ0n) is 13.5. The van der Waals surface area contributed by atoms with Crippen molar-refractivity contribution in [2.45, 2.75) is 34.9 Å². The van der Waals surface area contributed by atoms with Crippen LogP contribution in [0.3, 0.4) is 0 Å². The molecule has 1 aliphatic heterocycles. The van der Waals surface area contributed by atoms with Crippen molar-refractivity contribution < 1.29 is 13.2 Å². The normalized spacial score (nSPS) is 17.5. The van der Waals surface area contributed by atoms with Crippen LogP contribution in [0.2, 0.25) is 5.02 Å². The molecule has 0 spiro atoms. The van der Waals surface area contributed by atoms with Crippen LogP contribution < -0.4 is 10.0 Å². The van der Waals surface area contributed by atoms with Gasteiger partial charge in [0.15, 0.2) is 0 Å². The first kappa shape index (κ1) is 18.3. The van der Waals surface area contributed by atoms with E-state index in [4.69, 9.17) is 11.6 Å². The van der Waals surface area contributed by atoms with Gasteiger partial charge in [0, 0.05) is 28.1 Å². The van der Waals surface area contributed by atoms with Crippen molar-refractivity contribution in [1.82, 2.24) is 4.72 Å². The Morgan fingerprint density at radius 2 is 2.04 bits per heavy atom. The van der Waals surface area contributed by atoms with E-state index < -0.39 is 10.0 Å². The van der Waals surface area contributed by atoms with Crippen LogP contribution in [-0.2, 0) is 21.4 Å². The Kier molecular flexibility index (Phi) is 5.38. The molecular formula is C17H17ClN2O3S2. The Morgan fingerprint density at radius 1 is 1.28 bits per heavy atom. The smallest absolute Gasteiger partial charge is 0.240 e. The number of thioether (sulfide) groups is 1. The number of rotatable bonds is 4. The molecule has 0 bridgehead atoms. The van der Waals surface area contributed by atoms with Crippen LogP contribution in [0.1, 0.15) is 18.9 Å². The number of carbonyl (C=O) groups excluding carboxylic acids is 1. The van der Waals surface area contributed by atoms with Gasteiger partial charge in [0.05, 0.1) is 10.6 Å². The van der Waals surface area contributed by atoms with Gasteiger partial charge in [0.2, 0.25) is 15.9 Å². The lowest BCUT2D eigenvalue weighted by molar-refractivity contribution is -0.116. The van der Waals surface area contributed by atoms with Crippen molar-refractivity contribution in [3.63, 3.8) is 0 Å². The van der Waals surface area contributed by atoms with Gasteiger partial charge < -0.3 is 5.32 Å². The van der Waals surface area contributed by atoms with Crippen molar-refractivity contribution in [2.24, 2.45) is 0 Å². The number of anilines is 1. The van der Waals surface area contributed by atoms with Gasteiger partial charge in [0.25, 0.3) is 0 Å². The summed E-state index contributed by atoms with van der Waals surface area (Å²) in [7, 11) is -3.72. The van der Waals surface area contributed by atoms with E-state index in [-0.39, 0.29) is 22.6 Å². The number of fused-ring (bicyclic) bond motifs is 1. The van der Waals surface area contributed by atoms with Crippen LogP contribution in [0.25, 0.3) is 0 Å². The maximum atomic E-state index is 12.6. The third-order valence-electron chi connectivity index (χ3n) is 3.75. The SMILES string of the molecule is C[C@@H]1CC(=O)Nc2cc(S(=O)(=O)NCc3ccccc3Cl)ccc2S1. The lowest BCUT2D eigenvalue weighted by atomic mass is 10.2. The van der Waals surface area contributed by atoms with E-state index in [1.54, 1.807) is 48.2 Å². The third-order valence-corrected chi connectivity index (χ3v) is 6.69. The molecule has 5 nitrogen and oxygen atoms in total. The van der Waals surface area contributed by atoms with Crippen molar-refractivity contribution in [3.05, 3.63) is 53.1 Å². The minimum atomic E-state index is -3.72. The maximum absolute atomic E-state index is 12.6. The van der Waals surface area contributed by atoms with E-state index in [1.165, 1.54) is 6.07 Å². The Bertz CT molecular complexity index is 916. The minimum absolute atomic E-state index is 0.0945. The highest BCUT2D eigenvalue weighted by atomic mass is 35.5. The van der Waals surface area contributed by atoms with E-state index in [1.807, 2.05) is 6.92 Å². The minimum Gasteiger partial charge on any atom is -0.325 e. The van der Waals surface area contributed by atoms with E-state index in [9.17, 15) is 13.2 Å². The summed E-state index contributed by atoms with van der Waals surface area (Å²) in [6.07, 6.45) is 0.395. The summed E-state index contributed by atoms with van der Waals surface area (Å²) < 4.78 is 27.7. The molecule has 2 N–H and O–H groups in total. The molecule has 132 valence electrons. The van der Waals surface area contributed by atoms with Crippen LogP contribution >= 0.6 is 23.4 Å². The average Bonchev–Trinajstić information content (AvgIpc) is 2.69. The fraction of sp³-hybridized carbons (Fsp3) is 0.235. The summed E-state index contributed by atoms with van der Waals surface area (Å²) in [6, 6.07) is 11.8. The first-order valence-corrected chi connectivity index (χ1v) is 10.4. The Morgan fingerprint density at radius 3 is 2.80 bits per heavy atom. The van der Waals surface area contributed by atoms with Crippen LogP contribution in [0.5, 0.6) is 0 Å². The van der Waals surface area contributed by atoms with Crippen LogP contribution in [0.15, 0.2) is 52.3 Å². The quantitative estimate of drug-likeness (QED) is 0.827. The second-order valence-corrected chi connectivity index (χ2v) is 9.41. The van der Waals surface area contributed by atoms with Crippen LogP contribution in [-0.4, -0.2) is 19.6 Å². The molecule has 0 fully saturated rings. The largest absolute Gasteiger partial charge is 0.325 e. The zero-order chi connectivity index (χ0) is 18.0. The van der Waals surface area contributed by atoms with E-state index >= 15 is 0 Å². The maximum Gasteiger partial charge on any atom is 0.240 e. The monoisotopic (exact) mass is 396 g/mol. The molecule has 0 aromatic heterocycles. The number of benzene rings is 2. The second kappa shape index (κ2) is 7.37.